The molecule has 0 atom stereocenters. The highest BCUT2D eigenvalue weighted by Crippen LogP contribution is 2.26. The van der Waals surface area contributed by atoms with E-state index >= 15 is 0 Å². The van der Waals surface area contributed by atoms with Crippen LogP contribution in [0.15, 0.2) is 47.5 Å². The highest BCUT2D eigenvalue weighted by atomic mass is 32.2. The van der Waals surface area contributed by atoms with E-state index < -0.39 is 0 Å². The van der Waals surface area contributed by atoms with Gasteiger partial charge in [-0.15, -0.1) is 0 Å². The normalized spacial score (nSPS) is 10.7. The number of thioether (sulfide) groups is 1. The maximum absolute atomic E-state index is 12.2. The van der Waals surface area contributed by atoms with Crippen LogP contribution in [0.1, 0.15) is 16.7 Å². The molecule has 30 heavy (non-hydrogen) atoms. The number of hydrogen-bond acceptors (Lipinski definition) is 5. The van der Waals surface area contributed by atoms with E-state index in [1.165, 1.54) is 11.8 Å². The minimum absolute atomic E-state index is 0.0752. The standard InChI is InChI=1S/C23H25N3O3S/c1-14-6-5-7-19(16(14)3)25-21(27)12-24-22(28)13-30-23-10-15(2)18-9-8-17(29-4)11-20(18)26-23/h5-11H,12-13H2,1-4H3,(H,24,28)(H,25,27). The number of carbonyl (C=O) groups excluding carboxylic acids is 2. The lowest BCUT2D eigenvalue weighted by atomic mass is 10.1. The number of methoxy groups -OCH3 is 1. The van der Waals surface area contributed by atoms with Gasteiger partial charge in [0.2, 0.25) is 11.8 Å². The summed E-state index contributed by atoms with van der Waals surface area (Å²) in [4.78, 5) is 28.9. The first kappa shape index (κ1) is 21.6. The van der Waals surface area contributed by atoms with Gasteiger partial charge in [-0.3, -0.25) is 9.59 Å². The third-order valence-electron chi connectivity index (χ3n) is 4.88. The van der Waals surface area contributed by atoms with Crippen molar-refractivity contribution >= 4 is 40.2 Å². The number of fused-ring (bicyclic) bond motifs is 1. The molecule has 0 saturated heterocycles. The minimum atomic E-state index is -0.256. The van der Waals surface area contributed by atoms with Crippen molar-refractivity contribution in [2.75, 3.05) is 24.7 Å². The third-order valence-corrected chi connectivity index (χ3v) is 5.79. The van der Waals surface area contributed by atoms with Crippen molar-refractivity contribution < 1.29 is 14.3 Å². The number of aromatic nitrogens is 1. The van der Waals surface area contributed by atoms with E-state index in [0.717, 1.165) is 44.1 Å². The molecule has 7 heteroatoms. The van der Waals surface area contributed by atoms with Crippen LogP contribution in [-0.4, -0.2) is 36.2 Å². The Balaban J connectivity index is 1.54. The Labute approximate surface area is 180 Å². The number of rotatable bonds is 7. The zero-order valence-electron chi connectivity index (χ0n) is 17.5. The largest absolute Gasteiger partial charge is 0.497 e. The van der Waals surface area contributed by atoms with E-state index in [9.17, 15) is 9.59 Å². The van der Waals surface area contributed by atoms with Crippen molar-refractivity contribution in [1.82, 2.24) is 10.3 Å². The highest BCUT2D eigenvalue weighted by molar-refractivity contribution is 7.99. The molecule has 2 aromatic carbocycles. The first-order valence-electron chi connectivity index (χ1n) is 9.58. The Bertz CT molecular complexity index is 1100. The fourth-order valence-corrected chi connectivity index (χ4v) is 3.81. The summed E-state index contributed by atoms with van der Waals surface area (Å²) >= 11 is 1.34. The van der Waals surface area contributed by atoms with Crippen LogP contribution in [0, 0.1) is 20.8 Å². The summed E-state index contributed by atoms with van der Waals surface area (Å²) in [6.45, 7) is 5.88. The van der Waals surface area contributed by atoms with E-state index in [1.807, 2.05) is 63.2 Å². The molecule has 1 heterocycles. The quantitative estimate of drug-likeness (QED) is 0.561. The van der Waals surface area contributed by atoms with Gasteiger partial charge in [0, 0.05) is 17.1 Å². The van der Waals surface area contributed by atoms with Gasteiger partial charge in [-0.25, -0.2) is 4.98 Å². The molecular formula is C23H25N3O3S. The number of nitrogens with zero attached hydrogens (tertiary/aromatic N) is 1. The average molecular weight is 424 g/mol. The molecule has 3 rings (SSSR count). The first-order valence-corrected chi connectivity index (χ1v) is 10.6. The number of aryl methyl sites for hydroxylation is 2. The smallest absolute Gasteiger partial charge is 0.243 e. The van der Waals surface area contributed by atoms with Crippen LogP contribution in [0.3, 0.4) is 0 Å². The van der Waals surface area contributed by atoms with Gasteiger partial charge in [0.25, 0.3) is 0 Å². The number of carbonyl (C=O) groups is 2. The monoisotopic (exact) mass is 423 g/mol. The fraction of sp³-hybridized carbons (Fsp3) is 0.261. The van der Waals surface area contributed by atoms with Crippen LogP contribution in [0.5, 0.6) is 5.75 Å². The van der Waals surface area contributed by atoms with E-state index in [4.69, 9.17) is 4.74 Å². The maximum Gasteiger partial charge on any atom is 0.243 e. The molecule has 0 aliphatic heterocycles. The molecule has 0 unspecified atom stereocenters. The van der Waals surface area contributed by atoms with Crippen LogP contribution >= 0.6 is 11.8 Å². The molecule has 1 aromatic heterocycles. The van der Waals surface area contributed by atoms with Gasteiger partial charge in [-0.05, 0) is 61.7 Å². The Kier molecular flexibility index (Phi) is 6.95. The van der Waals surface area contributed by atoms with Crippen molar-refractivity contribution in [1.29, 1.82) is 0 Å². The molecule has 2 N–H and O–H groups in total. The molecule has 0 aliphatic rings. The van der Waals surface area contributed by atoms with Crippen LogP contribution in [0.25, 0.3) is 10.9 Å². The van der Waals surface area contributed by atoms with Crippen molar-refractivity contribution in [3.63, 3.8) is 0 Å². The van der Waals surface area contributed by atoms with Gasteiger partial charge in [0.15, 0.2) is 0 Å². The molecule has 0 spiro atoms. The molecule has 2 amide bonds. The maximum atomic E-state index is 12.2. The number of anilines is 1. The Hall–Kier alpha value is -3.06. The summed E-state index contributed by atoms with van der Waals surface area (Å²) in [5.74, 6) is 0.442. The lowest BCUT2D eigenvalue weighted by Gasteiger charge is -2.11. The zero-order chi connectivity index (χ0) is 21.7. The number of benzene rings is 2. The number of hydrogen-bond donors (Lipinski definition) is 2. The molecule has 0 fully saturated rings. The molecule has 3 aromatic rings. The zero-order valence-corrected chi connectivity index (χ0v) is 18.4. The van der Waals surface area contributed by atoms with Crippen LogP contribution in [-0.2, 0) is 9.59 Å². The molecule has 0 radical (unpaired) electrons. The van der Waals surface area contributed by atoms with Gasteiger partial charge in [0.05, 0.1) is 30.0 Å². The van der Waals surface area contributed by atoms with Gasteiger partial charge in [0.1, 0.15) is 5.75 Å². The number of ether oxygens (including phenoxy) is 1. The van der Waals surface area contributed by atoms with Crippen LogP contribution < -0.4 is 15.4 Å². The Morgan fingerprint density at radius 1 is 1.03 bits per heavy atom. The van der Waals surface area contributed by atoms with Crippen molar-refractivity contribution in [3.8, 4) is 5.75 Å². The summed E-state index contributed by atoms with van der Waals surface area (Å²) in [5.41, 5.74) is 4.78. The van der Waals surface area contributed by atoms with E-state index in [1.54, 1.807) is 7.11 Å². The molecule has 156 valence electrons. The summed E-state index contributed by atoms with van der Waals surface area (Å²) < 4.78 is 5.26. The minimum Gasteiger partial charge on any atom is -0.497 e. The SMILES string of the molecule is COc1ccc2c(C)cc(SCC(=O)NCC(=O)Nc3cccc(C)c3C)nc2c1. The van der Waals surface area contributed by atoms with E-state index in [-0.39, 0.29) is 24.1 Å². The number of amides is 2. The molecular weight excluding hydrogens is 398 g/mol. The lowest BCUT2D eigenvalue weighted by Crippen LogP contribution is -2.34. The van der Waals surface area contributed by atoms with E-state index in [0.29, 0.717) is 0 Å². The summed E-state index contributed by atoms with van der Waals surface area (Å²) in [6, 6.07) is 13.4. The number of nitrogens with one attached hydrogen (secondary N) is 2. The van der Waals surface area contributed by atoms with Crippen LogP contribution in [0.2, 0.25) is 0 Å². The molecule has 0 saturated carbocycles. The second-order valence-corrected chi connectivity index (χ2v) is 8.02. The summed E-state index contributed by atoms with van der Waals surface area (Å²) in [5, 5.41) is 7.29. The van der Waals surface area contributed by atoms with Crippen molar-refractivity contribution in [3.05, 3.63) is 59.2 Å². The average Bonchev–Trinajstić information content (AvgIpc) is 2.73. The predicted molar refractivity (Wildman–Crippen MR) is 121 cm³/mol. The Morgan fingerprint density at radius 2 is 1.83 bits per heavy atom. The molecule has 0 bridgehead atoms. The third kappa shape index (κ3) is 5.30. The summed E-state index contributed by atoms with van der Waals surface area (Å²) in [7, 11) is 1.62. The Morgan fingerprint density at radius 3 is 2.60 bits per heavy atom. The summed E-state index contributed by atoms with van der Waals surface area (Å²) in [6.07, 6.45) is 0. The van der Waals surface area contributed by atoms with Gasteiger partial charge in [-0.2, -0.15) is 0 Å². The lowest BCUT2D eigenvalue weighted by molar-refractivity contribution is -0.122. The van der Waals surface area contributed by atoms with Gasteiger partial charge >= 0.3 is 0 Å². The molecule has 6 nitrogen and oxygen atoms in total. The second-order valence-electron chi connectivity index (χ2n) is 7.02. The van der Waals surface area contributed by atoms with Crippen molar-refractivity contribution in [2.45, 2.75) is 25.8 Å². The number of pyridine rings is 1. The predicted octanol–water partition coefficient (Wildman–Crippen LogP) is 4.02. The fourth-order valence-electron chi connectivity index (χ4n) is 3.00. The van der Waals surface area contributed by atoms with Crippen LogP contribution in [0.4, 0.5) is 5.69 Å². The van der Waals surface area contributed by atoms with Crippen molar-refractivity contribution in [2.24, 2.45) is 0 Å². The second kappa shape index (κ2) is 9.63. The van der Waals surface area contributed by atoms with Gasteiger partial charge in [-0.1, -0.05) is 23.9 Å². The topological polar surface area (TPSA) is 80.3 Å². The van der Waals surface area contributed by atoms with E-state index in [2.05, 4.69) is 15.6 Å². The molecule has 0 aliphatic carbocycles. The van der Waals surface area contributed by atoms with Gasteiger partial charge < -0.3 is 15.4 Å². The highest BCUT2D eigenvalue weighted by Gasteiger charge is 2.10. The first-order chi connectivity index (χ1) is 14.4.